The summed E-state index contributed by atoms with van der Waals surface area (Å²) in [4.78, 5) is 20.8. The van der Waals surface area contributed by atoms with Crippen LogP contribution in [0.1, 0.15) is 50.0 Å². The number of aromatic nitrogens is 2. The number of pyridine rings is 1. The molecule has 1 saturated carbocycles. The molecule has 2 heterocycles. The molecule has 0 aromatic carbocycles. The monoisotopic (exact) mass is 329 g/mol. The van der Waals surface area contributed by atoms with Crippen LogP contribution in [0.3, 0.4) is 0 Å². The molecule has 0 radical (unpaired) electrons. The Morgan fingerprint density at radius 2 is 1.91 bits per heavy atom. The highest BCUT2D eigenvalue weighted by atomic mass is 32.1. The Labute approximate surface area is 141 Å². The lowest BCUT2D eigenvalue weighted by Crippen LogP contribution is -2.34. The number of carbonyl (C=O) groups excluding carboxylic acids is 1. The van der Waals surface area contributed by atoms with E-state index in [0.29, 0.717) is 18.9 Å². The van der Waals surface area contributed by atoms with Crippen molar-refractivity contribution in [3.63, 3.8) is 0 Å². The highest BCUT2D eigenvalue weighted by molar-refractivity contribution is 7.09. The Balaban J connectivity index is 1.48. The zero-order chi connectivity index (χ0) is 15.9. The average molecular weight is 329 g/mol. The van der Waals surface area contributed by atoms with E-state index in [1.54, 1.807) is 23.7 Å². The lowest BCUT2D eigenvalue weighted by molar-refractivity contribution is -0.121. The fraction of sp³-hybridized carbons (Fsp3) is 0.500. The molecule has 2 aromatic rings. The van der Waals surface area contributed by atoms with E-state index in [2.05, 4.69) is 15.3 Å². The third kappa shape index (κ3) is 4.86. The van der Waals surface area contributed by atoms with Gasteiger partial charge in [0.05, 0.1) is 10.7 Å². The smallest absolute Gasteiger partial charge is 0.220 e. The molecular formula is C18H23N3OS. The van der Waals surface area contributed by atoms with E-state index >= 15 is 0 Å². The van der Waals surface area contributed by atoms with Gasteiger partial charge in [-0.15, -0.1) is 11.3 Å². The van der Waals surface area contributed by atoms with Crippen molar-refractivity contribution < 1.29 is 4.79 Å². The fourth-order valence-electron chi connectivity index (χ4n) is 3.02. The van der Waals surface area contributed by atoms with Crippen molar-refractivity contribution in [1.82, 2.24) is 15.3 Å². The second kappa shape index (κ2) is 8.20. The number of hydrogen-bond donors (Lipinski definition) is 1. The quantitative estimate of drug-likeness (QED) is 0.844. The Bertz CT molecular complexity index is 618. The summed E-state index contributed by atoms with van der Waals surface area (Å²) in [6, 6.07) is 4.29. The molecule has 4 nitrogen and oxygen atoms in total. The molecule has 0 unspecified atom stereocenters. The van der Waals surface area contributed by atoms with E-state index in [1.807, 2.05) is 17.5 Å². The van der Waals surface area contributed by atoms with E-state index in [0.717, 1.165) is 29.1 Å². The van der Waals surface area contributed by atoms with Gasteiger partial charge in [0.1, 0.15) is 0 Å². The van der Waals surface area contributed by atoms with Crippen molar-refractivity contribution >= 4 is 17.2 Å². The normalized spacial score (nSPS) is 16.0. The van der Waals surface area contributed by atoms with Crippen molar-refractivity contribution in [1.29, 1.82) is 0 Å². The van der Waals surface area contributed by atoms with Crippen LogP contribution in [0.4, 0.5) is 0 Å². The van der Waals surface area contributed by atoms with Crippen LogP contribution in [0.2, 0.25) is 0 Å². The zero-order valence-corrected chi connectivity index (χ0v) is 14.1. The van der Waals surface area contributed by atoms with E-state index in [-0.39, 0.29) is 5.91 Å². The summed E-state index contributed by atoms with van der Waals surface area (Å²) in [7, 11) is 0. The highest BCUT2D eigenvalue weighted by Crippen LogP contribution is 2.22. The number of nitrogens with one attached hydrogen (secondary N) is 1. The molecule has 1 aliphatic rings. The van der Waals surface area contributed by atoms with Gasteiger partial charge in [0.2, 0.25) is 5.91 Å². The summed E-state index contributed by atoms with van der Waals surface area (Å²) in [6.07, 6.45) is 12.2. The molecule has 0 aliphatic heterocycles. The Hall–Kier alpha value is -1.75. The van der Waals surface area contributed by atoms with Crippen molar-refractivity contribution in [2.45, 2.75) is 57.4 Å². The molecular weight excluding hydrogens is 306 g/mol. The molecule has 1 fully saturated rings. The van der Waals surface area contributed by atoms with Crippen LogP contribution in [-0.2, 0) is 11.2 Å². The number of hydrogen-bond acceptors (Lipinski definition) is 4. The molecule has 5 heteroatoms. The van der Waals surface area contributed by atoms with Crippen LogP contribution >= 0.6 is 11.3 Å². The average Bonchev–Trinajstić information content (AvgIpc) is 2.91. The molecule has 1 N–H and O–H groups in total. The third-order valence-electron chi connectivity index (χ3n) is 4.31. The summed E-state index contributed by atoms with van der Waals surface area (Å²) in [5, 5.41) is 6.27. The minimum absolute atomic E-state index is 0.164. The van der Waals surface area contributed by atoms with Gasteiger partial charge in [-0.2, -0.15) is 0 Å². The van der Waals surface area contributed by atoms with Gasteiger partial charge < -0.3 is 5.32 Å². The first-order valence-electron chi connectivity index (χ1n) is 8.45. The molecule has 0 saturated heterocycles. The SMILES string of the molecule is O=C(CCc1nc(-c2ccncc2)cs1)NC1CCCCCC1. The minimum Gasteiger partial charge on any atom is -0.353 e. The first-order chi connectivity index (χ1) is 11.3. The summed E-state index contributed by atoms with van der Waals surface area (Å²) >= 11 is 1.62. The Kier molecular flexibility index (Phi) is 5.75. The molecule has 23 heavy (non-hydrogen) atoms. The van der Waals surface area contributed by atoms with Crippen LogP contribution in [0.15, 0.2) is 29.9 Å². The molecule has 0 spiro atoms. The summed E-state index contributed by atoms with van der Waals surface area (Å²) in [5.74, 6) is 0.164. The highest BCUT2D eigenvalue weighted by Gasteiger charge is 2.15. The van der Waals surface area contributed by atoms with Crippen molar-refractivity contribution in [3.05, 3.63) is 34.9 Å². The lowest BCUT2D eigenvalue weighted by Gasteiger charge is -2.15. The fourth-order valence-corrected chi connectivity index (χ4v) is 3.83. The maximum Gasteiger partial charge on any atom is 0.220 e. The maximum atomic E-state index is 12.1. The summed E-state index contributed by atoms with van der Waals surface area (Å²) in [5.41, 5.74) is 2.04. The molecule has 3 rings (SSSR count). The summed E-state index contributed by atoms with van der Waals surface area (Å²) in [6.45, 7) is 0. The van der Waals surface area contributed by atoms with Crippen LogP contribution in [0, 0.1) is 0 Å². The van der Waals surface area contributed by atoms with Crippen molar-refractivity contribution in [2.75, 3.05) is 0 Å². The Morgan fingerprint density at radius 1 is 1.17 bits per heavy atom. The van der Waals surface area contributed by atoms with Gasteiger partial charge in [0.15, 0.2) is 0 Å². The van der Waals surface area contributed by atoms with Crippen molar-refractivity contribution in [3.8, 4) is 11.3 Å². The van der Waals surface area contributed by atoms with E-state index in [4.69, 9.17) is 0 Å². The number of rotatable bonds is 5. The van der Waals surface area contributed by atoms with Gasteiger partial charge in [0.25, 0.3) is 0 Å². The van der Waals surface area contributed by atoms with Gasteiger partial charge in [-0.25, -0.2) is 4.98 Å². The van der Waals surface area contributed by atoms with E-state index in [9.17, 15) is 4.79 Å². The van der Waals surface area contributed by atoms with Crippen molar-refractivity contribution in [2.24, 2.45) is 0 Å². The predicted octanol–water partition coefficient (Wildman–Crippen LogP) is 3.98. The first-order valence-corrected chi connectivity index (χ1v) is 9.33. The topological polar surface area (TPSA) is 54.9 Å². The van der Waals surface area contributed by atoms with Gasteiger partial charge in [-0.3, -0.25) is 9.78 Å². The predicted molar refractivity (Wildman–Crippen MR) is 93.3 cm³/mol. The molecule has 1 aliphatic carbocycles. The van der Waals surface area contributed by atoms with Gasteiger partial charge in [-0.1, -0.05) is 25.7 Å². The minimum atomic E-state index is 0.164. The number of aryl methyl sites for hydroxylation is 1. The van der Waals surface area contributed by atoms with Gasteiger partial charge in [0, 0.05) is 42.2 Å². The van der Waals surface area contributed by atoms with Crippen LogP contribution < -0.4 is 5.32 Å². The standard InChI is InChI=1S/C18H23N3OS/c22-17(20-15-5-3-1-2-4-6-15)7-8-18-21-16(13-23-18)14-9-11-19-12-10-14/h9-13,15H,1-8H2,(H,20,22). The first kappa shape index (κ1) is 16.1. The van der Waals surface area contributed by atoms with Crippen LogP contribution in [-0.4, -0.2) is 21.9 Å². The summed E-state index contributed by atoms with van der Waals surface area (Å²) < 4.78 is 0. The largest absolute Gasteiger partial charge is 0.353 e. The molecule has 0 bridgehead atoms. The van der Waals surface area contributed by atoms with Crippen LogP contribution in [0.5, 0.6) is 0 Å². The number of nitrogens with zero attached hydrogens (tertiary/aromatic N) is 2. The number of thiazole rings is 1. The molecule has 122 valence electrons. The van der Waals surface area contributed by atoms with E-state index in [1.165, 1.54) is 25.7 Å². The van der Waals surface area contributed by atoms with Gasteiger partial charge >= 0.3 is 0 Å². The Morgan fingerprint density at radius 3 is 2.65 bits per heavy atom. The molecule has 2 aromatic heterocycles. The number of amides is 1. The lowest BCUT2D eigenvalue weighted by atomic mass is 10.1. The van der Waals surface area contributed by atoms with E-state index < -0.39 is 0 Å². The molecule has 0 atom stereocenters. The number of carbonyl (C=O) groups is 1. The van der Waals surface area contributed by atoms with Gasteiger partial charge in [-0.05, 0) is 25.0 Å². The molecule has 1 amide bonds. The van der Waals surface area contributed by atoms with Crippen LogP contribution in [0.25, 0.3) is 11.3 Å². The maximum absolute atomic E-state index is 12.1. The zero-order valence-electron chi connectivity index (χ0n) is 13.3. The second-order valence-corrected chi connectivity index (χ2v) is 7.06. The second-order valence-electron chi connectivity index (χ2n) is 6.12. The third-order valence-corrected chi connectivity index (χ3v) is 5.22.